The minimum absolute atomic E-state index is 0.690. The van der Waals surface area contributed by atoms with Crippen LogP contribution in [0.1, 0.15) is 0 Å². The van der Waals surface area contributed by atoms with Crippen molar-refractivity contribution in [1.82, 2.24) is 5.09 Å². The zero-order valence-electron chi connectivity index (χ0n) is 7.15. The zero-order chi connectivity index (χ0) is 9.03. The molecule has 0 aromatic heterocycles. The lowest BCUT2D eigenvalue weighted by atomic mass is 10.4. The van der Waals surface area contributed by atoms with E-state index in [1.807, 2.05) is 18.2 Å². The van der Waals surface area contributed by atoms with Crippen LogP contribution in [-0.4, -0.2) is 14.2 Å². The third-order valence-electron chi connectivity index (χ3n) is 1.65. The van der Waals surface area contributed by atoms with Crippen LogP contribution in [0.2, 0.25) is 0 Å². The molecule has 12 heavy (non-hydrogen) atoms. The molecular weight excluding hydrogens is 173 g/mol. The molecule has 0 saturated carbocycles. The maximum Gasteiger partial charge on any atom is 0.299 e. The van der Waals surface area contributed by atoms with E-state index in [0.717, 1.165) is 0 Å². The van der Waals surface area contributed by atoms with Gasteiger partial charge in [0.05, 0.1) is 5.30 Å². The smallest absolute Gasteiger partial charge is 0.299 e. The number of benzene rings is 1. The fourth-order valence-corrected chi connectivity index (χ4v) is 2.17. The average Bonchev–Trinajstić information content (AvgIpc) is 2.18. The molecule has 0 amide bonds. The standard InChI is InChI=1S/C8H12NO2P/c1-9-12(10,11-2)8-6-4-3-5-7-8/h3-7H,1-2H3,(H,9,10). The van der Waals surface area contributed by atoms with Gasteiger partial charge in [0.25, 0.3) is 7.52 Å². The SMILES string of the molecule is CNP(=O)(OC)c1ccccc1. The molecule has 0 fully saturated rings. The molecular formula is C8H12NO2P. The average molecular weight is 185 g/mol. The fourth-order valence-electron chi connectivity index (χ4n) is 0.950. The largest absolute Gasteiger partial charge is 0.318 e. The second-order valence-corrected chi connectivity index (χ2v) is 4.72. The highest BCUT2D eigenvalue weighted by Gasteiger charge is 2.20. The summed E-state index contributed by atoms with van der Waals surface area (Å²) in [6, 6.07) is 9.09. The van der Waals surface area contributed by atoms with Gasteiger partial charge in [-0.15, -0.1) is 0 Å². The first-order valence-electron chi connectivity index (χ1n) is 3.63. The molecule has 1 N–H and O–H groups in total. The van der Waals surface area contributed by atoms with Crippen LogP contribution >= 0.6 is 7.52 Å². The maximum atomic E-state index is 11.8. The molecule has 1 atom stereocenters. The van der Waals surface area contributed by atoms with E-state index in [-0.39, 0.29) is 0 Å². The van der Waals surface area contributed by atoms with Gasteiger partial charge in [-0.25, -0.2) is 5.09 Å². The van der Waals surface area contributed by atoms with Crippen LogP contribution in [0.25, 0.3) is 0 Å². The third-order valence-corrected chi connectivity index (χ3v) is 3.73. The minimum Gasteiger partial charge on any atom is -0.318 e. The molecule has 0 aliphatic carbocycles. The van der Waals surface area contributed by atoms with E-state index in [2.05, 4.69) is 5.09 Å². The fraction of sp³-hybridized carbons (Fsp3) is 0.250. The van der Waals surface area contributed by atoms with Crippen molar-refractivity contribution in [1.29, 1.82) is 0 Å². The lowest BCUT2D eigenvalue weighted by Crippen LogP contribution is -2.16. The number of hydrogen-bond donors (Lipinski definition) is 1. The predicted octanol–water partition coefficient (Wildman–Crippen LogP) is 1.37. The van der Waals surface area contributed by atoms with Crippen molar-refractivity contribution >= 4 is 12.8 Å². The summed E-state index contributed by atoms with van der Waals surface area (Å²) in [5.74, 6) is 0. The van der Waals surface area contributed by atoms with Crippen LogP contribution in [-0.2, 0) is 9.09 Å². The van der Waals surface area contributed by atoms with Crippen molar-refractivity contribution in [3.63, 3.8) is 0 Å². The Balaban J connectivity index is 3.04. The summed E-state index contributed by atoms with van der Waals surface area (Å²) in [5.41, 5.74) is 0. The number of hydrogen-bond acceptors (Lipinski definition) is 2. The van der Waals surface area contributed by atoms with Gasteiger partial charge in [0, 0.05) is 7.11 Å². The van der Waals surface area contributed by atoms with Gasteiger partial charge in [0.2, 0.25) is 0 Å². The van der Waals surface area contributed by atoms with Crippen LogP contribution in [0, 0.1) is 0 Å². The van der Waals surface area contributed by atoms with Gasteiger partial charge < -0.3 is 4.52 Å². The first-order chi connectivity index (χ1) is 5.73. The van der Waals surface area contributed by atoms with Gasteiger partial charge in [-0.3, -0.25) is 4.57 Å². The topological polar surface area (TPSA) is 38.3 Å². The maximum absolute atomic E-state index is 11.8. The molecule has 4 heteroatoms. The molecule has 0 aliphatic rings. The first kappa shape index (κ1) is 9.46. The molecule has 0 saturated heterocycles. The zero-order valence-corrected chi connectivity index (χ0v) is 8.04. The van der Waals surface area contributed by atoms with Crippen molar-refractivity contribution in [3.05, 3.63) is 30.3 Å². The van der Waals surface area contributed by atoms with Gasteiger partial charge in [-0.05, 0) is 19.2 Å². The highest BCUT2D eigenvalue weighted by atomic mass is 31.2. The quantitative estimate of drug-likeness (QED) is 0.723. The Morgan fingerprint density at radius 3 is 2.33 bits per heavy atom. The first-order valence-corrected chi connectivity index (χ1v) is 5.26. The van der Waals surface area contributed by atoms with Gasteiger partial charge in [0.15, 0.2) is 0 Å². The van der Waals surface area contributed by atoms with Crippen molar-refractivity contribution in [3.8, 4) is 0 Å². The van der Waals surface area contributed by atoms with Crippen LogP contribution in [0.15, 0.2) is 30.3 Å². The third kappa shape index (κ3) is 1.75. The Labute approximate surface area is 72.3 Å². The normalized spacial score (nSPS) is 15.5. The van der Waals surface area contributed by atoms with Crippen molar-refractivity contribution < 1.29 is 9.09 Å². The highest BCUT2D eigenvalue weighted by molar-refractivity contribution is 7.64. The predicted molar refractivity (Wildman–Crippen MR) is 49.8 cm³/mol. The molecule has 1 rings (SSSR count). The summed E-state index contributed by atoms with van der Waals surface area (Å²) >= 11 is 0. The molecule has 1 aromatic carbocycles. The van der Waals surface area contributed by atoms with E-state index < -0.39 is 7.52 Å². The van der Waals surface area contributed by atoms with E-state index >= 15 is 0 Å². The van der Waals surface area contributed by atoms with Crippen LogP contribution in [0.3, 0.4) is 0 Å². The lowest BCUT2D eigenvalue weighted by Gasteiger charge is -2.14. The van der Waals surface area contributed by atoms with E-state index in [4.69, 9.17) is 4.52 Å². The lowest BCUT2D eigenvalue weighted by molar-refractivity contribution is 0.396. The van der Waals surface area contributed by atoms with Gasteiger partial charge in [-0.1, -0.05) is 18.2 Å². The van der Waals surface area contributed by atoms with E-state index in [9.17, 15) is 4.57 Å². The summed E-state index contributed by atoms with van der Waals surface area (Å²) < 4.78 is 16.7. The van der Waals surface area contributed by atoms with Crippen molar-refractivity contribution in [2.45, 2.75) is 0 Å². The Bertz CT molecular complexity index is 278. The van der Waals surface area contributed by atoms with E-state index in [0.29, 0.717) is 5.30 Å². The Morgan fingerprint density at radius 2 is 1.92 bits per heavy atom. The van der Waals surface area contributed by atoms with E-state index in [1.165, 1.54) is 7.11 Å². The molecule has 0 bridgehead atoms. The van der Waals surface area contributed by atoms with E-state index in [1.54, 1.807) is 19.2 Å². The van der Waals surface area contributed by atoms with Gasteiger partial charge in [0.1, 0.15) is 0 Å². The molecule has 1 unspecified atom stereocenters. The summed E-state index contributed by atoms with van der Waals surface area (Å²) in [6.07, 6.45) is 0. The monoisotopic (exact) mass is 185 g/mol. The van der Waals surface area contributed by atoms with Crippen LogP contribution in [0.4, 0.5) is 0 Å². The Morgan fingerprint density at radius 1 is 1.33 bits per heavy atom. The molecule has 0 spiro atoms. The Kier molecular flexibility index (Phi) is 3.04. The van der Waals surface area contributed by atoms with Gasteiger partial charge >= 0.3 is 0 Å². The number of rotatable bonds is 3. The number of nitrogens with one attached hydrogen (secondary N) is 1. The molecule has 0 radical (unpaired) electrons. The molecule has 1 aromatic rings. The van der Waals surface area contributed by atoms with Crippen LogP contribution in [0.5, 0.6) is 0 Å². The second kappa shape index (κ2) is 3.85. The molecule has 66 valence electrons. The molecule has 3 nitrogen and oxygen atoms in total. The summed E-state index contributed by atoms with van der Waals surface area (Å²) in [4.78, 5) is 0. The molecule has 0 aliphatic heterocycles. The summed E-state index contributed by atoms with van der Waals surface area (Å²) in [6.45, 7) is 0. The summed E-state index contributed by atoms with van der Waals surface area (Å²) in [5, 5.41) is 3.37. The van der Waals surface area contributed by atoms with Crippen molar-refractivity contribution in [2.75, 3.05) is 14.2 Å². The second-order valence-electron chi connectivity index (χ2n) is 2.29. The molecule has 0 heterocycles. The van der Waals surface area contributed by atoms with Crippen molar-refractivity contribution in [2.24, 2.45) is 0 Å². The minimum atomic E-state index is -2.78. The highest BCUT2D eigenvalue weighted by Crippen LogP contribution is 2.38. The Hall–Kier alpha value is -0.630. The summed E-state index contributed by atoms with van der Waals surface area (Å²) in [7, 11) is 0.274. The van der Waals surface area contributed by atoms with Gasteiger partial charge in [-0.2, -0.15) is 0 Å². The van der Waals surface area contributed by atoms with Crippen LogP contribution < -0.4 is 10.4 Å².